The lowest BCUT2D eigenvalue weighted by atomic mass is 10.0. The molecule has 8 aromatic carbocycles. The predicted octanol–water partition coefficient (Wildman–Crippen LogP) is 13.5. The van der Waals surface area contributed by atoms with Crippen molar-refractivity contribution < 1.29 is 8.83 Å². The molecular weight excluding hydrogens is 675 g/mol. The van der Waals surface area contributed by atoms with Crippen molar-refractivity contribution in [2.24, 2.45) is 0 Å². The minimum absolute atomic E-state index is 0.618. The number of para-hydroxylation sites is 2. The van der Waals surface area contributed by atoms with E-state index < -0.39 is 0 Å². The Morgan fingerprint density at radius 2 is 1.15 bits per heavy atom. The smallest absolute Gasteiger partial charge is 0.180 e. The fourth-order valence-electron chi connectivity index (χ4n) is 8.52. The minimum atomic E-state index is 0.618. The number of hydrogen-bond donors (Lipinski definition) is 0. The molecule has 0 aliphatic rings. The Kier molecular flexibility index (Phi) is 6.27. The second-order valence-electron chi connectivity index (χ2n) is 14.1. The Hall–Kier alpha value is -7.50. The maximum atomic E-state index is 6.67. The van der Waals surface area contributed by atoms with E-state index in [4.69, 9.17) is 18.8 Å². The summed E-state index contributed by atoms with van der Waals surface area (Å²) in [6, 6.07) is 61.4. The van der Waals surface area contributed by atoms with Gasteiger partial charge in [-0.2, -0.15) is 0 Å². The number of nitrogens with zero attached hydrogens (tertiary/aromatic N) is 3. The van der Waals surface area contributed by atoms with Crippen LogP contribution in [0.2, 0.25) is 0 Å². The first-order chi connectivity index (χ1) is 27.3. The molecule has 0 N–H and O–H groups in total. The average molecular weight is 704 g/mol. The normalized spacial score (nSPS) is 12.0. The molecule has 0 aliphatic carbocycles. The van der Waals surface area contributed by atoms with E-state index in [2.05, 4.69) is 144 Å². The van der Waals surface area contributed by atoms with E-state index in [1.165, 1.54) is 27.1 Å². The molecule has 12 rings (SSSR count). The first-order valence-corrected chi connectivity index (χ1v) is 18.5. The molecule has 4 aromatic heterocycles. The van der Waals surface area contributed by atoms with Crippen molar-refractivity contribution in [1.29, 1.82) is 0 Å². The molecule has 0 fully saturated rings. The molecule has 55 heavy (non-hydrogen) atoms. The topological polar surface area (TPSA) is 57.0 Å². The van der Waals surface area contributed by atoms with Gasteiger partial charge in [0.25, 0.3) is 0 Å². The van der Waals surface area contributed by atoms with Crippen molar-refractivity contribution in [3.63, 3.8) is 0 Å². The fourth-order valence-corrected chi connectivity index (χ4v) is 8.52. The Balaban J connectivity index is 1.06. The highest BCUT2D eigenvalue weighted by Gasteiger charge is 2.22. The van der Waals surface area contributed by atoms with Crippen LogP contribution in [-0.2, 0) is 0 Å². The molecule has 0 spiro atoms. The molecule has 0 radical (unpaired) electrons. The Morgan fingerprint density at radius 1 is 0.418 bits per heavy atom. The molecule has 0 amide bonds. The first kappa shape index (κ1) is 30.0. The van der Waals surface area contributed by atoms with E-state index in [0.717, 1.165) is 77.5 Å². The van der Waals surface area contributed by atoms with Crippen LogP contribution in [0, 0.1) is 0 Å². The van der Waals surface area contributed by atoms with Crippen LogP contribution in [0.5, 0.6) is 0 Å². The number of hydrogen-bond acceptors (Lipinski definition) is 4. The van der Waals surface area contributed by atoms with Gasteiger partial charge in [-0.3, -0.25) is 0 Å². The molecule has 5 nitrogen and oxygen atoms in total. The van der Waals surface area contributed by atoms with E-state index in [9.17, 15) is 0 Å². The third-order valence-electron chi connectivity index (χ3n) is 11.0. The second-order valence-corrected chi connectivity index (χ2v) is 14.1. The third kappa shape index (κ3) is 4.47. The van der Waals surface area contributed by atoms with Gasteiger partial charge in [0, 0.05) is 49.8 Å². The van der Waals surface area contributed by atoms with Crippen molar-refractivity contribution in [3.8, 4) is 39.5 Å². The van der Waals surface area contributed by atoms with Gasteiger partial charge in [0.1, 0.15) is 28.0 Å². The van der Waals surface area contributed by atoms with E-state index in [1.54, 1.807) is 0 Å². The third-order valence-corrected chi connectivity index (χ3v) is 11.0. The number of furan rings is 2. The van der Waals surface area contributed by atoms with E-state index in [1.807, 2.05) is 36.4 Å². The van der Waals surface area contributed by atoms with Crippen molar-refractivity contribution in [1.82, 2.24) is 14.5 Å². The van der Waals surface area contributed by atoms with Gasteiger partial charge >= 0.3 is 0 Å². The summed E-state index contributed by atoms with van der Waals surface area (Å²) in [5, 5.41) is 7.91. The average Bonchev–Trinajstić information content (AvgIpc) is 3.93. The van der Waals surface area contributed by atoms with Gasteiger partial charge in [0.2, 0.25) is 0 Å². The summed E-state index contributed by atoms with van der Waals surface area (Å²) >= 11 is 0. The van der Waals surface area contributed by atoms with Crippen LogP contribution >= 0.6 is 0 Å². The zero-order valence-electron chi connectivity index (χ0n) is 29.4. The maximum absolute atomic E-state index is 6.67. The van der Waals surface area contributed by atoms with Crippen molar-refractivity contribution in [2.75, 3.05) is 0 Å². The molecule has 0 atom stereocenters. The monoisotopic (exact) mass is 703 g/mol. The fraction of sp³-hybridized carbons (Fsp3) is 0. The second kappa shape index (κ2) is 11.5. The number of rotatable bonds is 4. The maximum Gasteiger partial charge on any atom is 0.180 e. The summed E-state index contributed by atoms with van der Waals surface area (Å²) in [6.07, 6.45) is 0. The Labute approximate surface area is 314 Å². The number of benzene rings is 8. The van der Waals surface area contributed by atoms with Crippen LogP contribution in [-0.4, -0.2) is 14.5 Å². The van der Waals surface area contributed by atoms with Gasteiger partial charge in [0.15, 0.2) is 11.4 Å². The van der Waals surface area contributed by atoms with Gasteiger partial charge in [-0.15, -0.1) is 0 Å². The molecule has 0 unspecified atom stereocenters. The molecule has 4 heterocycles. The summed E-state index contributed by atoms with van der Waals surface area (Å²) in [5.41, 5.74) is 12.1. The Morgan fingerprint density at radius 3 is 2.04 bits per heavy atom. The van der Waals surface area contributed by atoms with Crippen LogP contribution in [0.3, 0.4) is 0 Å². The van der Waals surface area contributed by atoms with Gasteiger partial charge in [-0.25, -0.2) is 9.97 Å². The Bertz CT molecular complexity index is 3480. The first-order valence-electron chi connectivity index (χ1n) is 18.5. The molecule has 0 bridgehead atoms. The largest absolute Gasteiger partial charge is 0.456 e. The summed E-state index contributed by atoms with van der Waals surface area (Å²) in [4.78, 5) is 10.5. The van der Waals surface area contributed by atoms with Gasteiger partial charge < -0.3 is 13.4 Å². The molecule has 0 saturated carbocycles. The minimum Gasteiger partial charge on any atom is -0.456 e. The van der Waals surface area contributed by atoms with Crippen LogP contribution < -0.4 is 0 Å². The predicted molar refractivity (Wildman–Crippen MR) is 225 cm³/mol. The van der Waals surface area contributed by atoms with Gasteiger partial charge in [-0.1, -0.05) is 127 Å². The lowest BCUT2D eigenvalue weighted by Gasteiger charge is -2.09. The standard InChI is InChI=1S/C50H29N3O2/c1-2-11-30(12-3-1)31-21-23-33(24-22-31)47-49-48(38-16-7-9-19-42(38)55-49)52-50(51-47)39-17-10-20-43-46(39)37-27-26-34(29-44(37)54-43)53-40-18-8-6-15-36(40)45-35-14-5-4-13-32(35)25-28-41(45)53/h1-29H. The van der Waals surface area contributed by atoms with E-state index in [-0.39, 0.29) is 0 Å². The molecule has 0 aliphatic heterocycles. The van der Waals surface area contributed by atoms with Crippen LogP contribution in [0.1, 0.15) is 0 Å². The highest BCUT2D eigenvalue weighted by atomic mass is 16.3. The van der Waals surface area contributed by atoms with E-state index >= 15 is 0 Å². The zero-order valence-corrected chi connectivity index (χ0v) is 29.4. The van der Waals surface area contributed by atoms with Crippen molar-refractivity contribution in [2.45, 2.75) is 0 Å². The van der Waals surface area contributed by atoms with E-state index in [0.29, 0.717) is 11.4 Å². The van der Waals surface area contributed by atoms with Crippen LogP contribution in [0.4, 0.5) is 0 Å². The van der Waals surface area contributed by atoms with Crippen molar-refractivity contribution >= 4 is 76.6 Å². The highest BCUT2D eigenvalue weighted by molar-refractivity contribution is 6.21. The summed E-state index contributed by atoms with van der Waals surface area (Å²) in [5.74, 6) is 0.618. The molecule has 12 aromatic rings. The van der Waals surface area contributed by atoms with Gasteiger partial charge in [0.05, 0.1) is 11.0 Å². The lowest BCUT2D eigenvalue weighted by molar-refractivity contribution is 0.667. The molecule has 0 saturated heterocycles. The summed E-state index contributed by atoms with van der Waals surface area (Å²) in [7, 11) is 0. The summed E-state index contributed by atoms with van der Waals surface area (Å²) in [6.45, 7) is 0. The number of fused-ring (bicyclic) bond motifs is 11. The molecule has 5 heteroatoms. The summed E-state index contributed by atoms with van der Waals surface area (Å²) < 4.78 is 15.5. The van der Waals surface area contributed by atoms with Crippen LogP contribution in [0.15, 0.2) is 185 Å². The van der Waals surface area contributed by atoms with Crippen LogP contribution in [0.25, 0.3) is 116 Å². The molecule has 256 valence electrons. The SMILES string of the molecule is c1ccc(-c2ccc(-c3nc(-c4cccc5oc6cc(-n7c8ccccc8c8c9ccccc9ccc87)ccc6c45)nc4c3oc3ccccc34)cc2)cc1. The zero-order chi connectivity index (χ0) is 36.0. The lowest BCUT2D eigenvalue weighted by Crippen LogP contribution is -1.95. The molecular formula is C50H29N3O2. The van der Waals surface area contributed by atoms with Gasteiger partial charge in [-0.05, 0) is 64.4 Å². The van der Waals surface area contributed by atoms with Crippen molar-refractivity contribution in [3.05, 3.63) is 176 Å². The quantitative estimate of drug-likeness (QED) is 0.183. The highest BCUT2D eigenvalue weighted by Crippen LogP contribution is 2.42. The number of aromatic nitrogens is 3.